The molecule has 1 aliphatic rings. The van der Waals surface area contributed by atoms with Crippen LogP contribution >= 0.6 is 23.2 Å². The summed E-state index contributed by atoms with van der Waals surface area (Å²) in [5.41, 5.74) is 0.840. The van der Waals surface area contributed by atoms with Crippen molar-refractivity contribution in [3.05, 3.63) is 33.8 Å². The van der Waals surface area contributed by atoms with E-state index in [4.69, 9.17) is 27.9 Å². The Balaban J connectivity index is 1.87. The number of piperidine rings is 1. The van der Waals surface area contributed by atoms with E-state index in [1.807, 2.05) is 0 Å². The Kier molecular flexibility index (Phi) is 6.09. The maximum Gasteiger partial charge on any atom is 0.309 e. The van der Waals surface area contributed by atoms with Gasteiger partial charge in [-0.1, -0.05) is 29.3 Å². The lowest BCUT2D eigenvalue weighted by Gasteiger charge is -2.31. The number of amides is 1. The summed E-state index contributed by atoms with van der Waals surface area (Å²) in [5.74, 6) is -0.200. The van der Waals surface area contributed by atoms with Crippen molar-refractivity contribution in [2.24, 2.45) is 5.92 Å². The quantitative estimate of drug-likeness (QED) is 0.787. The van der Waals surface area contributed by atoms with E-state index >= 15 is 0 Å². The zero-order valence-electron chi connectivity index (χ0n) is 12.5. The lowest BCUT2D eigenvalue weighted by molar-refractivity contribution is -0.151. The Morgan fingerprint density at radius 2 is 1.91 bits per heavy atom. The molecule has 22 heavy (non-hydrogen) atoms. The molecule has 120 valence electrons. The van der Waals surface area contributed by atoms with Gasteiger partial charge in [-0.2, -0.15) is 0 Å². The summed E-state index contributed by atoms with van der Waals surface area (Å²) in [4.78, 5) is 25.8. The Morgan fingerprint density at radius 3 is 2.50 bits per heavy atom. The predicted octanol–water partition coefficient (Wildman–Crippen LogP) is 3.34. The Bertz CT molecular complexity index is 554. The van der Waals surface area contributed by atoms with Gasteiger partial charge >= 0.3 is 5.97 Å². The van der Waals surface area contributed by atoms with Crippen LogP contribution in [0.3, 0.4) is 0 Å². The second-order valence-corrected chi connectivity index (χ2v) is 6.15. The van der Waals surface area contributed by atoms with E-state index in [-0.39, 0.29) is 17.8 Å². The van der Waals surface area contributed by atoms with Gasteiger partial charge in [0.1, 0.15) is 0 Å². The molecule has 1 saturated heterocycles. The van der Waals surface area contributed by atoms with Gasteiger partial charge in [0.15, 0.2) is 0 Å². The van der Waals surface area contributed by atoms with Crippen LogP contribution in [0.1, 0.15) is 25.3 Å². The molecule has 0 saturated carbocycles. The molecule has 0 unspecified atom stereocenters. The highest BCUT2D eigenvalue weighted by molar-refractivity contribution is 6.42. The van der Waals surface area contributed by atoms with E-state index in [2.05, 4.69) is 0 Å². The predicted molar refractivity (Wildman–Crippen MR) is 86.1 cm³/mol. The highest BCUT2D eigenvalue weighted by Gasteiger charge is 2.28. The van der Waals surface area contributed by atoms with Crippen LogP contribution in [-0.4, -0.2) is 36.5 Å². The van der Waals surface area contributed by atoms with Crippen molar-refractivity contribution in [1.82, 2.24) is 4.90 Å². The van der Waals surface area contributed by atoms with Crippen molar-refractivity contribution in [3.63, 3.8) is 0 Å². The van der Waals surface area contributed by atoms with Gasteiger partial charge in [0.05, 0.1) is 29.0 Å². The summed E-state index contributed by atoms with van der Waals surface area (Å²) in [6, 6.07) is 5.21. The molecule has 2 rings (SSSR count). The zero-order chi connectivity index (χ0) is 16.1. The maximum atomic E-state index is 12.3. The first-order valence-electron chi connectivity index (χ1n) is 7.39. The van der Waals surface area contributed by atoms with E-state index in [0.29, 0.717) is 49.0 Å². The number of carbonyl (C=O) groups is 2. The Labute approximate surface area is 140 Å². The number of halogens is 2. The number of esters is 1. The van der Waals surface area contributed by atoms with Crippen molar-refractivity contribution in [1.29, 1.82) is 0 Å². The van der Waals surface area contributed by atoms with Crippen LogP contribution in [0.2, 0.25) is 10.0 Å². The summed E-state index contributed by atoms with van der Waals surface area (Å²) in [7, 11) is 0. The van der Waals surface area contributed by atoms with Crippen LogP contribution in [0.4, 0.5) is 0 Å². The number of nitrogens with zero attached hydrogens (tertiary/aromatic N) is 1. The molecule has 0 spiro atoms. The van der Waals surface area contributed by atoms with Gasteiger partial charge < -0.3 is 9.64 Å². The second-order valence-electron chi connectivity index (χ2n) is 5.33. The zero-order valence-corrected chi connectivity index (χ0v) is 14.0. The van der Waals surface area contributed by atoms with Gasteiger partial charge in [-0.15, -0.1) is 0 Å². The van der Waals surface area contributed by atoms with E-state index < -0.39 is 0 Å². The molecule has 0 atom stereocenters. The first-order valence-corrected chi connectivity index (χ1v) is 8.15. The topological polar surface area (TPSA) is 46.6 Å². The SMILES string of the molecule is CCOC(=O)C1CCN(C(=O)Cc2ccc(Cl)c(Cl)c2)CC1. The number of benzene rings is 1. The summed E-state index contributed by atoms with van der Waals surface area (Å²) in [5, 5.41) is 0.932. The van der Waals surface area contributed by atoms with Gasteiger partial charge in [0.25, 0.3) is 0 Å². The highest BCUT2D eigenvalue weighted by atomic mass is 35.5. The Hall–Kier alpha value is -1.26. The average molecular weight is 344 g/mol. The van der Waals surface area contributed by atoms with Crippen LogP contribution in [0, 0.1) is 5.92 Å². The van der Waals surface area contributed by atoms with Gasteiger partial charge in [0, 0.05) is 13.1 Å². The van der Waals surface area contributed by atoms with Crippen LogP contribution in [0.15, 0.2) is 18.2 Å². The summed E-state index contributed by atoms with van der Waals surface area (Å²) < 4.78 is 5.03. The number of hydrogen-bond donors (Lipinski definition) is 0. The van der Waals surface area contributed by atoms with Gasteiger partial charge in [0.2, 0.25) is 5.91 Å². The Morgan fingerprint density at radius 1 is 1.23 bits per heavy atom. The first-order chi connectivity index (χ1) is 10.5. The van der Waals surface area contributed by atoms with Crippen LogP contribution < -0.4 is 0 Å². The molecule has 0 N–H and O–H groups in total. The molecule has 6 heteroatoms. The lowest BCUT2D eigenvalue weighted by Crippen LogP contribution is -2.41. The average Bonchev–Trinajstić information content (AvgIpc) is 2.51. The minimum absolute atomic E-state index is 0.0423. The number of ether oxygens (including phenoxy) is 1. The number of likely N-dealkylation sites (tertiary alicyclic amines) is 1. The molecule has 0 aliphatic carbocycles. The van der Waals surface area contributed by atoms with Crippen molar-refractivity contribution in [2.75, 3.05) is 19.7 Å². The monoisotopic (exact) mass is 343 g/mol. The summed E-state index contributed by atoms with van der Waals surface area (Å²) in [6.45, 7) is 3.37. The molecule has 1 aromatic rings. The van der Waals surface area contributed by atoms with Crippen molar-refractivity contribution >= 4 is 35.1 Å². The largest absolute Gasteiger partial charge is 0.466 e. The molecule has 1 aliphatic heterocycles. The van der Waals surface area contributed by atoms with E-state index in [9.17, 15) is 9.59 Å². The number of hydrogen-bond acceptors (Lipinski definition) is 3. The molecule has 1 aromatic carbocycles. The van der Waals surface area contributed by atoms with Gasteiger partial charge in [-0.25, -0.2) is 0 Å². The number of rotatable bonds is 4. The smallest absolute Gasteiger partial charge is 0.309 e. The lowest BCUT2D eigenvalue weighted by atomic mass is 9.96. The van der Waals surface area contributed by atoms with Gasteiger partial charge in [-0.05, 0) is 37.5 Å². The summed E-state index contributed by atoms with van der Waals surface area (Å²) in [6.07, 6.45) is 1.61. The molecular weight excluding hydrogens is 325 g/mol. The molecule has 4 nitrogen and oxygen atoms in total. The van der Waals surface area contributed by atoms with Crippen molar-refractivity contribution in [3.8, 4) is 0 Å². The molecule has 1 heterocycles. The maximum absolute atomic E-state index is 12.3. The first kappa shape index (κ1) is 17.1. The van der Waals surface area contributed by atoms with Gasteiger partial charge in [-0.3, -0.25) is 9.59 Å². The third-order valence-electron chi connectivity index (χ3n) is 3.81. The van der Waals surface area contributed by atoms with Crippen LogP contribution in [0.25, 0.3) is 0 Å². The standard InChI is InChI=1S/C16H19Cl2NO3/c1-2-22-16(21)12-5-7-19(8-6-12)15(20)10-11-3-4-13(17)14(18)9-11/h3-4,9,12H,2,5-8,10H2,1H3. The summed E-state index contributed by atoms with van der Waals surface area (Å²) >= 11 is 11.8. The fourth-order valence-corrected chi connectivity index (χ4v) is 2.88. The molecule has 1 fully saturated rings. The van der Waals surface area contributed by atoms with Crippen molar-refractivity contribution in [2.45, 2.75) is 26.2 Å². The fraction of sp³-hybridized carbons (Fsp3) is 0.500. The molecular formula is C16H19Cl2NO3. The fourth-order valence-electron chi connectivity index (χ4n) is 2.56. The van der Waals surface area contributed by atoms with Crippen LogP contribution in [0.5, 0.6) is 0 Å². The number of carbonyl (C=O) groups excluding carboxylic acids is 2. The van der Waals surface area contributed by atoms with Crippen molar-refractivity contribution < 1.29 is 14.3 Å². The molecule has 1 amide bonds. The molecule has 0 aromatic heterocycles. The minimum atomic E-state index is -0.154. The second kappa shape index (κ2) is 7.84. The van der Waals surface area contributed by atoms with Crippen LogP contribution in [-0.2, 0) is 20.7 Å². The van der Waals surface area contributed by atoms with E-state index in [1.165, 1.54) is 0 Å². The molecule has 0 radical (unpaired) electrons. The molecule has 0 bridgehead atoms. The van der Waals surface area contributed by atoms with E-state index in [1.54, 1.807) is 30.0 Å². The third-order valence-corrected chi connectivity index (χ3v) is 4.55. The third kappa shape index (κ3) is 4.37. The normalized spacial score (nSPS) is 15.7. The van der Waals surface area contributed by atoms with E-state index in [0.717, 1.165) is 5.56 Å². The highest BCUT2D eigenvalue weighted by Crippen LogP contribution is 2.24. The minimum Gasteiger partial charge on any atom is -0.466 e.